The van der Waals surface area contributed by atoms with Gasteiger partial charge in [-0.1, -0.05) is 18.2 Å². The van der Waals surface area contributed by atoms with Crippen LogP contribution in [-0.2, 0) is 9.53 Å². The Morgan fingerprint density at radius 2 is 2.14 bits per heavy atom. The van der Waals surface area contributed by atoms with Crippen molar-refractivity contribution in [1.82, 2.24) is 9.38 Å². The molecule has 0 atom stereocenters. The van der Waals surface area contributed by atoms with Gasteiger partial charge in [0.25, 0.3) is 0 Å². The molecule has 0 radical (unpaired) electrons. The molecule has 0 aliphatic heterocycles. The number of anilines is 1. The molecule has 2 aromatic heterocycles. The van der Waals surface area contributed by atoms with Gasteiger partial charge in [-0.05, 0) is 30.7 Å². The number of hydrogen-bond acceptors (Lipinski definition) is 3. The summed E-state index contributed by atoms with van der Waals surface area (Å²) in [6, 6.07) is 11.6. The summed E-state index contributed by atoms with van der Waals surface area (Å²) in [4.78, 5) is 16.2. The quantitative estimate of drug-likeness (QED) is 0.805. The molecule has 3 aromatic rings. The maximum absolute atomic E-state index is 11.6. The molecule has 1 N–H and O–H groups in total. The largest absolute Gasteiger partial charge is 0.375 e. The van der Waals surface area contributed by atoms with Gasteiger partial charge in [-0.15, -0.1) is 0 Å². The first-order chi connectivity index (χ1) is 10.7. The van der Waals surface area contributed by atoms with Gasteiger partial charge in [-0.2, -0.15) is 0 Å². The number of fused-ring (bicyclic) bond motifs is 1. The zero-order valence-electron chi connectivity index (χ0n) is 12.5. The van der Waals surface area contributed by atoms with Crippen LogP contribution in [0.5, 0.6) is 0 Å². The predicted molar refractivity (Wildman–Crippen MR) is 85.9 cm³/mol. The molecule has 2 heterocycles. The Hall–Kier alpha value is -2.66. The molecule has 112 valence electrons. The lowest BCUT2D eigenvalue weighted by Crippen LogP contribution is -2.16. The maximum Gasteiger partial charge on any atom is 0.250 e. The zero-order chi connectivity index (χ0) is 15.5. The zero-order valence-corrected chi connectivity index (χ0v) is 12.5. The van der Waals surface area contributed by atoms with Crippen molar-refractivity contribution in [3.8, 4) is 11.3 Å². The number of ether oxygens (including phenoxy) is 1. The molecule has 1 amide bonds. The molecular weight excluding hydrogens is 278 g/mol. The van der Waals surface area contributed by atoms with Crippen LogP contribution in [-0.4, -0.2) is 29.0 Å². The number of carbonyl (C=O) groups is 1. The van der Waals surface area contributed by atoms with Gasteiger partial charge in [0.2, 0.25) is 5.91 Å². The van der Waals surface area contributed by atoms with Crippen LogP contribution in [0.2, 0.25) is 0 Å². The van der Waals surface area contributed by atoms with Crippen LogP contribution in [0.15, 0.2) is 48.8 Å². The molecule has 0 aliphatic carbocycles. The Balaban J connectivity index is 1.91. The van der Waals surface area contributed by atoms with Crippen LogP contribution in [0.3, 0.4) is 0 Å². The summed E-state index contributed by atoms with van der Waals surface area (Å²) < 4.78 is 6.81. The van der Waals surface area contributed by atoms with E-state index in [0.29, 0.717) is 0 Å². The van der Waals surface area contributed by atoms with Gasteiger partial charge in [-0.25, -0.2) is 4.98 Å². The van der Waals surface area contributed by atoms with Gasteiger partial charge >= 0.3 is 0 Å². The topological polar surface area (TPSA) is 55.6 Å². The third kappa shape index (κ3) is 2.99. The fourth-order valence-electron chi connectivity index (χ4n) is 2.33. The van der Waals surface area contributed by atoms with E-state index in [2.05, 4.69) is 10.3 Å². The van der Waals surface area contributed by atoms with E-state index < -0.39 is 0 Å². The lowest BCUT2D eigenvalue weighted by atomic mass is 10.1. The number of nitrogens with zero attached hydrogens (tertiary/aromatic N) is 2. The summed E-state index contributed by atoms with van der Waals surface area (Å²) in [7, 11) is 1.49. The van der Waals surface area contributed by atoms with Gasteiger partial charge in [0.05, 0.1) is 5.69 Å². The number of rotatable bonds is 4. The lowest BCUT2D eigenvalue weighted by Gasteiger charge is -2.05. The molecule has 5 nitrogen and oxygen atoms in total. The fraction of sp³-hybridized carbons (Fsp3) is 0.176. The highest BCUT2D eigenvalue weighted by Crippen LogP contribution is 2.22. The van der Waals surface area contributed by atoms with Crippen LogP contribution in [0.25, 0.3) is 16.9 Å². The summed E-state index contributed by atoms with van der Waals surface area (Å²) in [6.07, 6.45) is 4.02. The van der Waals surface area contributed by atoms with E-state index in [4.69, 9.17) is 4.74 Å². The number of hydrogen-bond donors (Lipinski definition) is 1. The Labute approximate surface area is 128 Å². The van der Waals surface area contributed by atoms with Crippen LogP contribution < -0.4 is 5.32 Å². The minimum atomic E-state index is -0.176. The van der Waals surface area contributed by atoms with Crippen molar-refractivity contribution in [3.63, 3.8) is 0 Å². The molecule has 0 fully saturated rings. The molecule has 0 saturated carbocycles. The van der Waals surface area contributed by atoms with E-state index in [0.717, 1.165) is 22.6 Å². The molecule has 3 rings (SSSR count). The number of nitrogens with one attached hydrogen (secondary N) is 1. The van der Waals surface area contributed by atoms with Crippen molar-refractivity contribution in [2.45, 2.75) is 6.92 Å². The lowest BCUT2D eigenvalue weighted by molar-refractivity contribution is -0.119. The number of imidazole rings is 1. The molecule has 0 saturated heterocycles. The monoisotopic (exact) mass is 295 g/mol. The number of carbonyl (C=O) groups excluding carboxylic acids is 1. The Bertz CT molecular complexity index is 824. The molecule has 0 bridgehead atoms. The SMILES string of the molecule is COCC(=O)Nc1cccc(-c2cn3cc(C)ccc3n2)c1. The van der Waals surface area contributed by atoms with Gasteiger partial charge in [0.1, 0.15) is 12.3 Å². The highest BCUT2D eigenvalue weighted by atomic mass is 16.5. The normalized spacial score (nSPS) is 10.8. The molecule has 1 aromatic carbocycles. The second-order valence-corrected chi connectivity index (χ2v) is 5.16. The van der Waals surface area contributed by atoms with Crippen molar-refractivity contribution in [2.24, 2.45) is 0 Å². The van der Waals surface area contributed by atoms with Gasteiger partial charge in [0, 0.05) is 30.8 Å². The minimum Gasteiger partial charge on any atom is -0.375 e. The van der Waals surface area contributed by atoms with E-state index in [1.807, 2.05) is 60.1 Å². The van der Waals surface area contributed by atoms with E-state index in [1.165, 1.54) is 12.7 Å². The van der Waals surface area contributed by atoms with Crippen LogP contribution in [0.4, 0.5) is 5.69 Å². The van der Waals surface area contributed by atoms with Crippen molar-refractivity contribution in [2.75, 3.05) is 19.0 Å². The molecule has 5 heteroatoms. The van der Waals surface area contributed by atoms with E-state index in [-0.39, 0.29) is 12.5 Å². The van der Waals surface area contributed by atoms with Gasteiger partial charge in [0.15, 0.2) is 0 Å². The minimum absolute atomic E-state index is 0.0396. The second kappa shape index (κ2) is 5.99. The van der Waals surface area contributed by atoms with Crippen molar-refractivity contribution in [3.05, 3.63) is 54.4 Å². The summed E-state index contributed by atoms with van der Waals surface area (Å²) in [5.41, 5.74) is 4.63. The molecule has 0 aliphatic rings. The Morgan fingerprint density at radius 3 is 2.95 bits per heavy atom. The van der Waals surface area contributed by atoms with Crippen molar-refractivity contribution < 1.29 is 9.53 Å². The number of methoxy groups -OCH3 is 1. The molecule has 0 spiro atoms. The Kier molecular flexibility index (Phi) is 3.89. The molecule has 22 heavy (non-hydrogen) atoms. The third-order valence-corrected chi connectivity index (χ3v) is 3.32. The van der Waals surface area contributed by atoms with E-state index in [9.17, 15) is 4.79 Å². The first kappa shape index (κ1) is 14.3. The highest BCUT2D eigenvalue weighted by Gasteiger charge is 2.07. The fourth-order valence-corrected chi connectivity index (χ4v) is 2.33. The van der Waals surface area contributed by atoms with Crippen LogP contribution in [0, 0.1) is 6.92 Å². The van der Waals surface area contributed by atoms with Crippen LogP contribution in [0.1, 0.15) is 5.56 Å². The predicted octanol–water partition coefficient (Wildman–Crippen LogP) is 2.89. The first-order valence-electron chi connectivity index (χ1n) is 7.00. The number of aromatic nitrogens is 2. The number of aryl methyl sites for hydroxylation is 1. The highest BCUT2D eigenvalue weighted by molar-refractivity contribution is 5.92. The number of pyridine rings is 1. The number of amides is 1. The molecule has 0 unspecified atom stereocenters. The molecular formula is C17H17N3O2. The van der Waals surface area contributed by atoms with Crippen molar-refractivity contribution >= 4 is 17.2 Å². The van der Waals surface area contributed by atoms with Crippen LogP contribution >= 0.6 is 0 Å². The van der Waals surface area contributed by atoms with Gasteiger partial charge in [-0.3, -0.25) is 4.79 Å². The average Bonchev–Trinajstić information content (AvgIpc) is 2.90. The standard InChI is InChI=1S/C17H17N3O2/c1-12-6-7-16-19-15(10-20(16)9-12)13-4-3-5-14(8-13)18-17(21)11-22-2/h3-10H,11H2,1-2H3,(H,18,21). The first-order valence-corrected chi connectivity index (χ1v) is 7.00. The second-order valence-electron chi connectivity index (χ2n) is 5.16. The number of benzene rings is 1. The maximum atomic E-state index is 11.6. The third-order valence-electron chi connectivity index (χ3n) is 3.32. The summed E-state index contributed by atoms with van der Waals surface area (Å²) >= 11 is 0. The van der Waals surface area contributed by atoms with E-state index in [1.54, 1.807) is 0 Å². The summed E-state index contributed by atoms with van der Waals surface area (Å²) in [5.74, 6) is -0.176. The van der Waals surface area contributed by atoms with Gasteiger partial charge < -0.3 is 14.5 Å². The smallest absolute Gasteiger partial charge is 0.250 e. The summed E-state index contributed by atoms with van der Waals surface area (Å²) in [5, 5.41) is 2.80. The Morgan fingerprint density at radius 1 is 1.27 bits per heavy atom. The summed E-state index contributed by atoms with van der Waals surface area (Å²) in [6.45, 7) is 2.09. The van der Waals surface area contributed by atoms with Crippen molar-refractivity contribution in [1.29, 1.82) is 0 Å². The van der Waals surface area contributed by atoms with E-state index >= 15 is 0 Å². The average molecular weight is 295 g/mol.